The molecular weight excluding hydrogens is 170 g/mol. The Bertz CT molecular complexity index is 442. The Morgan fingerprint density at radius 2 is 1.75 bits per heavy atom. The van der Waals surface area contributed by atoms with E-state index >= 15 is 0 Å². The molecule has 66 valence electrons. The molecular formula is C9H13NOS. The van der Waals surface area contributed by atoms with Gasteiger partial charge in [-0.25, -0.2) is 0 Å². The molecule has 2 nitrogen and oxygen atoms in total. The fraction of sp³-hybridized carbons (Fsp3) is 0.444. The normalized spacial score (nSPS) is 10.0. The van der Waals surface area contributed by atoms with E-state index in [0.717, 1.165) is 20.3 Å². The molecule has 1 N–H and O–H groups in total. The quantitative estimate of drug-likeness (QED) is 0.634. The summed E-state index contributed by atoms with van der Waals surface area (Å²) in [5.74, 6) is 0. The van der Waals surface area contributed by atoms with Crippen LogP contribution in [0.2, 0.25) is 0 Å². The Kier molecular flexibility index (Phi) is 2.52. The van der Waals surface area contributed by atoms with E-state index in [0.29, 0.717) is 0 Å². The van der Waals surface area contributed by atoms with Gasteiger partial charge in [0.2, 0.25) is 0 Å². The van der Waals surface area contributed by atoms with Crippen molar-refractivity contribution in [3.05, 3.63) is 19.5 Å². The summed E-state index contributed by atoms with van der Waals surface area (Å²) in [6.07, 6.45) is 0. The first-order chi connectivity index (χ1) is 5.52. The van der Waals surface area contributed by atoms with Gasteiger partial charge in [0.05, 0.1) is 9.20 Å². The molecule has 0 aromatic carbocycles. The summed E-state index contributed by atoms with van der Waals surface area (Å²) in [4.78, 5) is 14.1. The van der Waals surface area contributed by atoms with Crippen LogP contribution in [0.25, 0.3) is 11.1 Å². The van der Waals surface area contributed by atoms with Gasteiger partial charge in [0.1, 0.15) is 0 Å². The maximum atomic E-state index is 11.3. The maximum absolute atomic E-state index is 11.3. The van der Waals surface area contributed by atoms with E-state index in [1.165, 1.54) is 11.3 Å². The summed E-state index contributed by atoms with van der Waals surface area (Å²) in [5, 5.41) is 0. The molecule has 0 amide bonds. The van der Waals surface area contributed by atoms with Gasteiger partial charge in [-0.05, 0) is 33.3 Å². The molecule has 0 bridgehead atoms. The molecule has 0 unspecified atom stereocenters. The lowest BCUT2D eigenvalue weighted by atomic mass is 10.4. The minimum atomic E-state index is 0.0381. The molecule has 0 aliphatic carbocycles. The largest absolute Gasteiger partial charge is 0.313 e. The van der Waals surface area contributed by atoms with Crippen molar-refractivity contribution in [2.24, 2.45) is 0 Å². The lowest BCUT2D eigenvalue weighted by Crippen LogP contribution is -2.21. The van der Waals surface area contributed by atoms with Crippen molar-refractivity contribution in [2.45, 2.75) is 27.7 Å². The van der Waals surface area contributed by atoms with Crippen molar-refractivity contribution in [1.82, 2.24) is 4.98 Å². The molecule has 3 heteroatoms. The molecule has 0 fully saturated rings. The van der Waals surface area contributed by atoms with Crippen LogP contribution in [0.15, 0.2) is 4.79 Å². The van der Waals surface area contributed by atoms with Gasteiger partial charge in [0.15, 0.2) is 0 Å². The lowest BCUT2D eigenvalue weighted by Gasteiger charge is -1.80. The standard InChI is InChI=1S/C9H13NOS/c1-5(2)7-8(11)10-9(12-7)6(3)4/h1-4H3,(H,10,11). The molecule has 0 atom stereocenters. The molecule has 1 heterocycles. The number of hydrogen-bond acceptors (Lipinski definition) is 2. The topological polar surface area (TPSA) is 32.9 Å². The second kappa shape index (κ2) is 3.27. The van der Waals surface area contributed by atoms with Gasteiger partial charge in [-0.15, -0.1) is 11.3 Å². The number of aromatic nitrogens is 1. The van der Waals surface area contributed by atoms with Crippen molar-refractivity contribution < 1.29 is 0 Å². The fourth-order valence-corrected chi connectivity index (χ4v) is 1.79. The van der Waals surface area contributed by atoms with Gasteiger partial charge in [-0.3, -0.25) is 4.79 Å². The van der Waals surface area contributed by atoms with Gasteiger partial charge in [-0.1, -0.05) is 5.57 Å². The first-order valence-electron chi connectivity index (χ1n) is 3.86. The minimum Gasteiger partial charge on any atom is -0.313 e. The van der Waals surface area contributed by atoms with Crippen LogP contribution in [0.3, 0.4) is 0 Å². The lowest BCUT2D eigenvalue weighted by molar-refractivity contribution is 1.23. The number of thiazole rings is 1. The van der Waals surface area contributed by atoms with Gasteiger partial charge in [-0.2, -0.15) is 0 Å². The van der Waals surface area contributed by atoms with Crippen LogP contribution >= 0.6 is 11.3 Å². The summed E-state index contributed by atoms with van der Waals surface area (Å²) in [6.45, 7) is 7.90. The Morgan fingerprint density at radius 1 is 1.17 bits per heavy atom. The predicted molar refractivity (Wildman–Crippen MR) is 53.7 cm³/mol. The molecule has 1 aromatic rings. The Morgan fingerprint density at radius 3 is 2.00 bits per heavy atom. The Hall–Kier alpha value is -0.830. The molecule has 1 aromatic heterocycles. The highest BCUT2D eigenvalue weighted by atomic mass is 32.1. The molecule has 0 saturated heterocycles. The van der Waals surface area contributed by atoms with Crippen molar-refractivity contribution in [1.29, 1.82) is 0 Å². The summed E-state index contributed by atoms with van der Waals surface area (Å²) in [5.41, 5.74) is 2.27. The van der Waals surface area contributed by atoms with E-state index in [-0.39, 0.29) is 5.56 Å². The third-order valence-electron chi connectivity index (χ3n) is 1.55. The highest BCUT2D eigenvalue weighted by Gasteiger charge is 1.95. The van der Waals surface area contributed by atoms with Crippen molar-refractivity contribution in [3.63, 3.8) is 0 Å². The fourth-order valence-electron chi connectivity index (χ4n) is 0.890. The van der Waals surface area contributed by atoms with E-state index in [1.54, 1.807) is 0 Å². The Labute approximate surface area is 75.3 Å². The average molecular weight is 183 g/mol. The van der Waals surface area contributed by atoms with Crippen molar-refractivity contribution in [3.8, 4) is 0 Å². The van der Waals surface area contributed by atoms with Crippen LogP contribution in [-0.2, 0) is 0 Å². The maximum Gasteiger partial charge on any atom is 0.266 e. The van der Waals surface area contributed by atoms with Crippen LogP contribution in [0.1, 0.15) is 27.7 Å². The summed E-state index contributed by atoms with van der Waals surface area (Å²) in [7, 11) is 0. The van der Waals surface area contributed by atoms with Gasteiger partial charge >= 0.3 is 0 Å². The smallest absolute Gasteiger partial charge is 0.266 e. The Balaban J connectivity index is 3.73. The molecule has 1 rings (SSSR count). The first-order valence-corrected chi connectivity index (χ1v) is 4.68. The number of H-pyrrole nitrogens is 1. The van der Waals surface area contributed by atoms with E-state index < -0.39 is 0 Å². The molecule has 0 aliphatic rings. The summed E-state index contributed by atoms with van der Waals surface area (Å²) < 4.78 is 1.82. The highest BCUT2D eigenvalue weighted by molar-refractivity contribution is 7.07. The van der Waals surface area contributed by atoms with Crippen molar-refractivity contribution >= 4 is 22.5 Å². The van der Waals surface area contributed by atoms with E-state index in [2.05, 4.69) is 4.98 Å². The van der Waals surface area contributed by atoms with E-state index in [9.17, 15) is 4.79 Å². The second-order valence-corrected chi connectivity index (χ2v) is 4.24. The molecule has 0 radical (unpaired) electrons. The number of hydrogen-bond donors (Lipinski definition) is 1. The molecule has 0 saturated carbocycles. The van der Waals surface area contributed by atoms with Crippen LogP contribution < -0.4 is 14.8 Å². The third-order valence-corrected chi connectivity index (χ3v) is 3.06. The van der Waals surface area contributed by atoms with Crippen LogP contribution in [-0.4, -0.2) is 4.98 Å². The van der Waals surface area contributed by atoms with Gasteiger partial charge in [0.25, 0.3) is 5.56 Å². The SMILES string of the molecule is CC(C)=c1[nH]c(=O)c(=C(C)C)s1. The molecule has 0 spiro atoms. The van der Waals surface area contributed by atoms with E-state index in [4.69, 9.17) is 0 Å². The van der Waals surface area contributed by atoms with Crippen LogP contribution in [0.4, 0.5) is 0 Å². The molecule has 12 heavy (non-hydrogen) atoms. The third kappa shape index (κ3) is 1.67. The number of aromatic amines is 1. The molecule has 0 aliphatic heterocycles. The minimum absolute atomic E-state index is 0.0381. The predicted octanol–water partition coefficient (Wildman–Crippen LogP) is 0.817. The first kappa shape index (κ1) is 9.26. The van der Waals surface area contributed by atoms with Crippen LogP contribution in [0, 0.1) is 0 Å². The zero-order chi connectivity index (χ0) is 9.30. The van der Waals surface area contributed by atoms with Gasteiger partial charge in [0, 0.05) is 0 Å². The number of rotatable bonds is 0. The van der Waals surface area contributed by atoms with Crippen molar-refractivity contribution in [2.75, 3.05) is 0 Å². The summed E-state index contributed by atoms with van der Waals surface area (Å²) in [6, 6.07) is 0. The van der Waals surface area contributed by atoms with Crippen LogP contribution in [0.5, 0.6) is 0 Å². The second-order valence-electron chi connectivity index (χ2n) is 3.21. The monoisotopic (exact) mass is 183 g/mol. The number of nitrogens with one attached hydrogen (secondary N) is 1. The average Bonchev–Trinajstić information content (AvgIpc) is 2.30. The zero-order valence-corrected chi connectivity index (χ0v) is 8.63. The zero-order valence-electron chi connectivity index (χ0n) is 7.82. The highest BCUT2D eigenvalue weighted by Crippen LogP contribution is 1.87. The van der Waals surface area contributed by atoms with E-state index in [1.807, 2.05) is 27.7 Å². The van der Waals surface area contributed by atoms with Gasteiger partial charge < -0.3 is 4.98 Å². The summed E-state index contributed by atoms with van der Waals surface area (Å²) >= 11 is 1.53.